The summed E-state index contributed by atoms with van der Waals surface area (Å²) < 4.78 is 0. The van der Waals surface area contributed by atoms with Crippen molar-refractivity contribution < 1.29 is 14.7 Å². The standard InChI is InChI=1S/C16H16Cl2N4O3.ClH/c1-7-11(5-9-3-4-10(17)6-12(9)18)14(21-8(2)13(19)23)22-15(20-7)16(24)25;/h3-4,6,8H,5H2,1-2H3,(H2,19,23)(H,24,25)(H,20,21,22);1H. The minimum absolute atomic E-state index is 0. The number of carboxylic acid groups (broad SMARTS) is 1. The molecule has 2 rings (SSSR count). The second-order valence-electron chi connectivity index (χ2n) is 5.45. The Morgan fingerprint density at radius 2 is 1.96 bits per heavy atom. The number of halogens is 3. The SMILES string of the molecule is Cc1nc(C(=O)O)nc(NC(C)C(N)=O)c1Cc1ccc(Cl)cc1Cl.Cl. The molecule has 0 radical (unpaired) electrons. The number of primary amides is 1. The molecule has 1 unspecified atom stereocenters. The van der Waals surface area contributed by atoms with Crippen molar-refractivity contribution in [2.75, 3.05) is 5.32 Å². The number of nitrogens with two attached hydrogens (primary N) is 1. The zero-order chi connectivity index (χ0) is 18.7. The molecule has 0 bridgehead atoms. The zero-order valence-corrected chi connectivity index (χ0v) is 16.2. The highest BCUT2D eigenvalue weighted by Crippen LogP contribution is 2.27. The molecule has 7 nitrogen and oxygen atoms in total. The zero-order valence-electron chi connectivity index (χ0n) is 13.9. The smallest absolute Gasteiger partial charge is 0.374 e. The van der Waals surface area contributed by atoms with E-state index in [2.05, 4.69) is 15.3 Å². The summed E-state index contributed by atoms with van der Waals surface area (Å²) in [6.45, 7) is 3.21. The van der Waals surface area contributed by atoms with Crippen molar-refractivity contribution in [2.45, 2.75) is 26.3 Å². The van der Waals surface area contributed by atoms with Crippen molar-refractivity contribution in [3.05, 3.63) is 50.9 Å². The lowest BCUT2D eigenvalue weighted by Gasteiger charge is -2.17. The number of anilines is 1. The van der Waals surface area contributed by atoms with Crippen LogP contribution < -0.4 is 11.1 Å². The molecule has 26 heavy (non-hydrogen) atoms. The number of hydrogen-bond donors (Lipinski definition) is 3. The molecular formula is C16H17Cl3N4O3. The van der Waals surface area contributed by atoms with Crippen LogP contribution in [0.2, 0.25) is 10.0 Å². The van der Waals surface area contributed by atoms with Gasteiger partial charge >= 0.3 is 5.97 Å². The molecule has 0 aliphatic heterocycles. The van der Waals surface area contributed by atoms with Gasteiger partial charge in [0.25, 0.3) is 0 Å². The molecule has 1 amide bonds. The average Bonchev–Trinajstić information content (AvgIpc) is 2.51. The quantitative estimate of drug-likeness (QED) is 0.662. The summed E-state index contributed by atoms with van der Waals surface area (Å²) in [5.41, 5.74) is 7.10. The Hall–Kier alpha value is -2.09. The van der Waals surface area contributed by atoms with E-state index in [1.165, 1.54) is 0 Å². The second-order valence-corrected chi connectivity index (χ2v) is 6.29. The molecule has 0 spiro atoms. The summed E-state index contributed by atoms with van der Waals surface area (Å²) in [4.78, 5) is 30.5. The van der Waals surface area contributed by atoms with Crippen LogP contribution in [0.3, 0.4) is 0 Å². The normalized spacial score (nSPS) is 11.4. The van der Waals surface area contributed by atoms with Gasteiger partial charge in [-0.1, -0.05) is 29.3 Å². The van der Waals surface area contributed by atoms with Gasteiger partial charge in [-0.15, -0.1) is 12.4 Å². The maximum Gasteiger partial charge on any atom is 0.374 e. The monoisotopic (exact) mass is 418 g/mol. The number of aromatic carboxylic acids is 1. The van der Waals surface area contributed by atoms with Crippen LogP contribution in [-0.4, -0.2) is 33.0 Å². The lowest BCUT2D eigenvalue weighted by Crippen LogP contribution is -2.33. The van der Waals surface area contributed by atoms with Gasteiger partial charge in [-0.05, 0) is 31.5 Å². The summed E-state index contributed by atoms with van der Waals surface area (Å²) in [5.74, 6) is -2.01. The van der Waals surface area contributed by atoms with Gasteiger partial charge in [0.05, 0.1) is 0 Å². The molecule has 140 valence electrons. The van der Waals surface area contributed by atoms with Crippen molar-refractivity contribution in [1.82, 2.24) is 9.97 Å². The van der Waals surface area contributed by atoms with E-state index in [1.807, 2.05) is 0 Å². The van der Waals surface area contributed by atoms with Crippen LogP contribution in [0.25, 0.3) is 0 Å². The number of carboxylic acids is 1. The third-order valence-corrected chi connectivity index (χ3v) is 4.15. The molecule has 0 aliphatic rings. The van der Waals surface area contributed by atoms with Crippen LogP contribution in [0, 0.1) is 6.92 Å². The van der Waals surface area contributed by atoms with Gasteiger partial charge in [0.1, 0.15) is 11.9 Å². The first-order chi connectivity index (χ1) is 11.7. The van der Waals surface area contributed by atoms with E-state index in [4.69, 9.17) is 34.0 Å². The summed E-state index contributed by atoms with van der Waals surface area (Å²) in [6.07, 6.45) is 0.329. The molecule has 1 aromatic carbocycles. The molecule has 2 aromatic rings. The van der Waals surface area contributed by atoms with Crippen LogP contribution in [0.1, 0.15) is 34.4 Å². The fourth-order valence-electron chi connectivity index (χ4n) is 2.15. The summed E-state index contributed by atoms with van der Waals surface area (Å²) in [7, 11) is 0. The Morgan fingerprint density at radius 1 is 1.31 bits per heavy atom. The van der Waals surface area contributed by atoms with E-state index in [-0.39, 0.29) is 24.0 Å². The largest absolute Gasteiger partial charge is 0.475 e. The summed E-state index contributed by atoms with van der Waals surface area (Å²) >= 11 is 12.1. The van der Waals surface area contributed by atoms with Crippen LogP contribution in [0.4, 0.5) is 5.82 Å². The first-order valence-corrected chi connectivity index (χ1v) is 8.05. The average molecular weight is 420 g/mol. The number of benzene rings is 1. The molecule has 4 N–H and O–H groups in total. The molecule has 1 aromatic heterocycles. The minimum Gasteiger partial charge on any atom is -0.475 e. The Bertz CT molecular complexity index is 846. The number of amides is 1. The van der Waals surface area contributed by atoms with E-state index in [0.29, 0.717) is 27.7 Å². The highest BCUT2D eigenvalue weighted by Gasteiger charge is 2.19. The lowest BCUT2D eigenvalue weighted by atomic mass is 10.0. The predicted molar refractivity (Wildman–Crippen MR) is 103 cm³/mol. The number of carbonyl (C=O) groups is 2. The highest BCUT2D eigenvalue weighted by atomic mass is 35.5. The Morgan fingerprint density at radius 3 is 2.50 bits per heavy atom. The number of aryl methyl sites for hydroxylation is 1. The van der Waals surface area contributed by atoms with Crippen molar-refractivity contribution in [3.8, 4) is 0 Å². The van der Waals surface area contributed by atoms with Crippen LogP contribution in [0.5, 0.6) is 0 Å². The van der Waals surface area contributed by atoms with Gasteiger partial charge in [-0.25, -0.2) is 14.8 Å². The number of nitrogens with zero attached hydrogens (tertiary/aromatic N) is 2. The fourth-order valence-corrected chi connectivity index (χ4v) is 2.63. The van der Waals surface area contributed by atoms with Gasteiger partial charge in [-0.2, -0.15) is 0 Å². The fraction of sp³-hybridized carbons (Fsp3) is 0.250. The van der Waals surface area contributed by atoms with Crippen molar-refractivity contribution in [2.24, 2.45) is 5.73 Å². The molecule has 0 fully saturated rings. The first-order valence-electron chi connectivity index (χ1n) is 7.29. The van der Waals surface area contributed by atoms with Gasteiger partial charge in [0.15, 0.2) is 0 Å². The number of carbonyl (C=O) groups excluding carboxylic acids is 1. The lowest BCUT2D eigenvalue weighted by molar-refractivity contribution is -0.118. The molecule has 0 saturated heterocycles. The topological polar surface area (TPSA) is 118 Å². The molecular weight excluding hydrogens is 403 g/mol. The Kier molecular flexibility index (Phi) is 7.62. The van der Waals surface area contributed by atoms with Gasteiger partial charge in [0.2, 0.25) is 11.7 Å². The maximum atomic E-state index is 11.3. The molecule has 1 atom stereocenters. The van der Waals surface area contributed by atoms with Crippen molar-refractivity contribution >= 4 is 53.3 Å². The third-order valence-electron chi connectivity index (χ3n) is 3.57. The molecule has 1 heterocycles. The predicted octanol–water partition coefficient (Wildman–Crippen LogP) is 3.09. The van der Waals surface area contributed by atoms with E-state index < -0.39 is 17.9 Å². The number of aromatic nitrogens is 2. The van der Waals surface area contributed by atoms with Crippen molar-refractivity contribution in [1.29, 1.82) is 0 Å². The Labute approximate surface area is 166 Å². The number of hydrogen-bond acceptors (Lipinski definition) is 5. The van der Waals surface area contributed by atoms with E-state index in [9.17, 15) is 9.59 Å². The van der Waals surface area contributed by atoms with Crippen LogP contribution in [-0.2, 0) is 11.2 Å². The molecule has 0 aliphatic carbocycles. The highest BCUT2D eigenvalue weighted by molar-refractivity contribution is 6.35. The van der Waals surface area contributed by atoms with Crippen LogP contribution >= 0.6 is 35.6 Å². The summed E-state index contributed by atoms with van der Waals surface area (Å²) in [6, 6.07) is 4.33. The summed E-state index contributed by atoms with van der Waals surface area (Å²) in [5, 5.41) is 13.0. The maximum absolute atomic E-state index is 11.3. The Balaban J connectivity index is 0.00000338. The van der Waals surface area contributed by atoms with Gasteiger partial charge < -0.3 is 16.2 Å². The molecule has 10 heteroatoms. The van der Waals surface area contributed by atoms with Gasteiger partial charge in [-0.3, -0.25) is 4.79 Å². The van der Waals surface area contributed by atoms with E-state index in [0.717, 1.165) is 5.56 Å². The van der Waals surface area contributed by atoms with Crippen LogP contribution in [0.15, 0.2) is 18.2 Å². The molecule has 0 saturated carbocycles. The number of nitrogens with one attached hydrogen (secondary N) is 1. The second kappa shape index (κ2) is 9.02. The minimum atomic E-state index is -1.27. The van der Waals surface area contributed by atoms with E-state index in [1.54, 1.807) is 32.0 Å². The van der Waals surface area contributed by atoms with Gasteiger partial charge in [0, 0.05) is 27.7 Å². The number of rotatable bonds is 6. The van der Waals surface area contributed by atoms with Crippen molar-refractivity contribution in [3.63, 3.8) is 0 Å². The van der Waals surface area contributed by atoms with E-state index >= 15 is 0 Å². The first kappa shape index (κ1) is 22.0. The third kappa shape index (κ3) is 5.20.